The van der Waals surface area contributed by atoms with Gasteiger partial charge in [0.05, 0.1) is 12.8 Å². The molecule has 2 heterocycles. The second-order valence-corrected chi connectivity index (χ2v) is 6.87. The Bertz CT molecular complexity index is 412. The molecule has 0 aromatic rings. The van der Waals surface area contributed by atoms with Gasteiger partial charge in [0, 0.05) is 25.7 Å². The van der Waals surface area contributed by atoms with E-state index in [1.807, 2.05) is 0 Å². The summed E-state index contributed by atoms with van der Waals surface area (Å²) in [6, 6.07) is 0.397. The average Bonchev–Trinajstić information content (AvgIpc) is 2.82. The molecule has 2 N–H and O–H groups in total. The lowest BCUT2D eigenvalue weighted by molar-refractivity contribution is 0.459. The van der Waals surface area contributed by atoms with Crippen molar-refractivity contribution in [2.75, 3.05) is 32.4 Å². The number of sulfonamides is 1. The largest absolute Gasteiger partial charge is 0.356 e. The number of aliphatic imine (C=N–C) groups is 1. The quantitative estimate of drug-likeness (QED) is 0.659. The number of halogens is 1. The number of guanidine groups is 1. The monoisotopic (exact) mass is 388 g/mol. The Morgan fingerprint density at radius 2 is 2.28 bits per heavy atom. The van der Waals surface area contributed by atoms with Crippen molar-refractivity contribution in [3.8, 4) is 0 Å². The molecule has 106 valence electrons. The summed E-state index contributed by atoms with van der Waals surface area (Å²) < 4.78 is 24.3. The molecule has 0 amide bonds. The zero-order chi connectivity index (χ0) is 12.5. The summed E-state index contributed by atoms with van der Waals surface area (Å²) in [5.41, 5.74) is 0. The molecular formula is C10H21IN4O2S. The van der Waals surface area contributed by atoms with Crippen molar-refractivity contribution in [1.82, 2.24) is 14.9 Å². The fraction of sp³-hybridized carbons (Fsp3) is 0.900. The van der Waals surface area contributed by atoms with Crippen molar-refractivity contribution in [1.29, 1.82) is 0 Å². The van der Waals surface area contributed by atoms with Crippen LogP contribution in [-0.4, -0.2) is 57.2 Å². The molecule has 2 rings (SSSR count). The van der Waals surface area contributed by atoms with E-state index in [1.54, 1.807) is 4.31 Å². The molecule has 0 spiro atoms. The molecule has 2 unspecified atom stereocenters. The summed E-state index contributed by atoms with van der Waals surface area (Å²) in [6.07, 6.45) is 2.19. The molecule has 1 fully saturated rings. The molecule has 0 radical (unpaired) electrons. The molecule has 1 saturated heterocycles. The van der Waals surface area contributed by atoms with Crippen molar-refractivity contribution in [2.24, 2.45) is 10.9 Å². The zero-order valence-electron chi connectivity index (χ0n) is 10.7. The molecule has 8 heteroatoms. The lowest BCUT2D eigenvalue weighted by Crippen LogP contribution is -2.40. The minimum absolute atomic E-state index is 0. The minimum atomic E-state index is -3.02. The van der Waals surface area contributed by atoms with Crippen molar-refractivity contribution in [3.05, 3.63) is 0 Å². The molecule has 2 aliphatic heterocycles. The van der Waals surface area contributed by atoms with E-state index in [2.05, 4.69) is 22.5 Å². The van der Waals surface area contributed by atoms with E-state index in [0.29, 0.717) is 25.0 Å². The smallest absolute Gasteiger partial charge is 0.211 e. The van der Waals surface area contributed by atoms with E-state index in [0.717, 1.165) is 25.5 Å². The second kappa shape index (κ2) is 6.38. The molecule has 2 aliphatic rings. The van der Waals surface area contributed by atoms with Gasteiger partial charge in [0.25, 0.3) is 0 Å². The van der Waals surface area contributed by atoms with Crippen LogP contribution in [0.15, 0.2) is 4.99 Å². The number of nitrogens with one attached hydrogen (secondary N) is 2. The van der Waals surface area contributed by atoms with Crippen LogP contribution >= 0.6 is 24.0 Å². The normalized spacial score (nSPS) is 28.4. The van der Waals surface area contributed by atoms with Crippen LogP contribution in [-0.2, 0) is 10.0 Å². The maximum atomic E-state index is 11.4. The highest BCUT2D eigenvalue weighted by Gasteiger charge is 2.28. The Morgan fingerprint density at radius 1 is 1.56 bits per heavy atom. The number of nitrogens with zero attached hydrogens (tertiary/aromatic N) is 2. The Kier molecular flexibility index (Phi) is 5.66. The number of hydrogen-bond donors (Lipinski definition) is 2. The molecule has 0 bridgehead atoms. The highest BCUT2D eigenvalue weighted by Crippen LogP contribution is 2.17. The van der Waals surface area contributed by atoms with Crippen LogP contribution in [0.5, 0.6) is 0 Å². The van der Waals surface area contributed by atoms with Crippen LogP contribution in [0, 0.1) is 5.92 Å². The van der Waals surface area contributed by atoms with Crippen LogP contribution in [0.4, 0.5) is 0 Å². The fourth-order valence-electron chi connectivity index (χ4n) is 2.17. The van der Waals surface area contributed by atoms with Gasteiger partial charge in [-0.25, -0.2) is 12.7 Å². The van der Waals surface area contributed by atoms with Crippen molar-refractivity contribution < 1.29 is 8.42 Å². The lowest BCUT2D eigenvalue weighted by Gasteiger charge is -2.14. The van der Waals surface area contributed by atoms with Gasteiger partial charge in [-0.2, -0.15) is 0 Å². The molecule has 0 aliphatic carbocycles. The molecule has 2 atom stereocenters. The van der Waals surface area contributed by atoms with Gasteiger partial charge in [0.1, 0.15) is 0 Å². The first kappa shape index (κ1) is 16.0. The van der Waals surface area contributed by atoms with Crippen LogP contribution < -0.4 is 10.6 Å². The highest BCUT2D eigenvalue weighted by atomic mass is 127. The van der Waals surface area contributed by atoms with Crippen molar-refractivity contribution in [2.45, 2.75) is 19.4 Å². The number of hydrogen-bond acceptors (Lipinski definition) is 5. The summed E-state index contributed by atoms with van der Waals surface area (Å²) in [4.78, 5) is 4.31. The van der Waals surface area contributed by atoms with Crippen LogP contribution in [0.1, 0.15) is 13.3 Å². The van der Waals surface area contributed by atoms with E-state index in [-0.39, 0.29) is 24.0 Å². The summed E-state index contributed by atoms with van der Waals surface area (Å²) in [6.45, 7) is 4.93. The molecule has 0 aromatic carbocycles. The number of rotatable bonds is 3. The van der Waals surface area contributed by atoms with Crippen LogP contribution in [0.25, 0.3) is 0 Å². The van der Waals surface area contributed by atoms with Gasteiger partial charge >= 0.3 is 0 Å². The van der Waals surface area contributed by atoms with Gasteiger partial charge in [0.15, 0.2) is 5.96 Å². The molecular weight excluding hydrogens is 367 g/mol. The van der Waals surface area contributed by atoms with E-state index < -0.39 is 10.0 Å². The summed E-state index contributed by atoms with van der Waals surface area (Å²) in [5.74, 6) is 1.22. The van der Waals surface area contributed by atoms with E-state index in [4.69, 9.17) is 0 Å². The van der Waals surface area contributed by atoms with Gasteiger partial charge in [0.2, 0.25) is 10.0 Å². The molecule has 0 saturated carbocycles. The van der Waals surface area contributed by atoms with E-state index in [1.165, 1.54) is 6.26 Å². The predicted molar refractivity (Wildman–Crippen MR) is 82.8 cm³/mol. The third kappa shape index (κ3) is 4.23. The second-order valence-electron chi connectivity index (χ2n) is 4.89. The Hall–Kier alpha value is -0.0900. The minimum Gasteiger partial charge on any atom is -0.356 e. The standard InChI is InChI=1S/C10H20N4O2S.HI/c1-8-5-11-10(13-8)12-6-9-3-4-14(7-9)17(2,15)16;/h8-9H,3-7H2,1-2H3,(H2,11,12,13);1H. The maximum absolute atomic E-state index is 11.4. The average molecular weight is 388 g/mol. The van der Waals surface area contributed by atoms with Gasteiger partial charge in [-0.05, 0) is 19.3 Å². The maximum Gasteiger partial charge on any atom is 0.211 e. The van der Waals surface area contributed by atoms with Crippen molar-refractivity contribution >= 4 is 40.0 Å². The summed E-state index contributed by atoms with van der Waals surface area (Å²) >= 11 is 0. The van der Waals surface area contributed by atoms with Gasteiger partial charge in [-0.1, -0.05) is 0 Å². The fourth-order valence-corrected chi connectivity index (χ4v) is 3.08. The van der Waals surface area contributed by atoms with E-state index in [9.17, 15) is 8.42 Å². The Labute approximate surface area is 126 Å². The van der Waals surface area contributed by atoms with Crippen LogP contribution in [0.2, 0.25) is 0 Å². The molecule has 0 aromatic heterocycles. The van der Waals surface area contributed by atoms with E-state index >= 15 is 0 Å². The van der Waals surface area contributed by atoms with Crippen molar-refractivity contribution in [3.63, 3.8) is 0 Å². The lowest BCUT2D eigenvalue weighted by atomic mass is 10.1. The molecule has 6 nitrogen and oxygen atoms in total. The third-order valence-electron chi connectivity index (χ3n) is 3.18. The highest BCUT2D eigenvalue weighted by molar-refractivity contribution is 14.0. The van der Waals surface area contributed by atoms with Gasteiger partial charge in [-0.3, -0.25) is 4.99 Å². The Morgan fingerprint density at radius 3 is 2.78 bits per heavy atom. The topological polar surface area (TPSA) is 73.8 Å². The van der Waals surface area contributed by atoms with Crippen LogP contribution in [0.3, 0.4) is 0 Å². The zero-order valence-corrected chi connectivity index (χ0v) is 13.9. The first-order valence-electron chi connectivity index (χ1n) is 5.95. The summed E-state index contributed by atoms with van der Waals surface area (Å²) in [5, 5.41) is 6.47. The van der Waals surface area contributed by atoms with Gasteiger partial charge in [-0.15, -0.1) is 24.0 Å². The summed E-state index contributed by atoms with van der Waals surface area (Å²) in [7, 11) is -3.02. The van der Waals surface area contributed by atoms with Gasteiger partial charge < -0.3 is 10.6 Å². The predicted octanol–water partition coefficient (Wildman–Crippen LogP) is -0.177. The first-order chi connectivity index (χ1) is 7.95. The SMILES string of the molecule is CC1CN=C(NCC2CCN(S(C)(=O)=O)C2)N1.I. The molecule has 18 heavy (non-hydrogen) atoms. The third-order valence-corrected chi connectivity index (χ3v) is 4.45. The Balaban J connectivity index is 0.00000162. The first-order valence-corrected chi connectivity index (χ1v) is 7.80.